The first kappa shape index (κ1) is 27.9. The number of carbonyl (C=O) groups excluding carboxylic acids is 2. The number of hydrogen-bond acceptors (Lipinski definition) is 6. The Bertz CT molecular complexity index is 1680. The van der Waals surface area contributed by atoms with E-state index >= 15 is 0 Å². The second kappa shape index (κ2) is 11.1. The van der Waals surface area contributed by atoms with Gasteiger partial charge < -0.3 is 10.6 Å². The Morgan fingerprint density at radius 2 is 1.85 bits per heavy atom. The standard InChI is InChI=1S/C27H27F2N5O4S2/c1-15(31-24(35)12-16-10-18(28)13-19(29)11-16)26(36)32-20-8-6-17(7-9-20)21-14-34-22-4-3-5-23(40(37,38)30-2)25(22)39-27(34)33-21/h6-11,13-15,23,30H,3-5,12H2,1-2H3,(H,31,35)(H,32,36)/t15-,23?/m1/s1. The minimum Gasteiger partial charge on any atom is -0.344 e. The number of thiazole rings is 1. The van der Waals surface area contributed by atoms with Crippen molar-refractivity contribution in [3.05, 3.63) is 76.4 Å². The Hall–Kier alpha value is -3.68. The zero-order chi connectivity index (χ0) is 28.6. The van der Waals surface area contributed by atoms with Gasteiger partial charge in [-0.3, -0.25) is 14.0 Å². The molecule has 1 aliphatic carbocycles. The smallest absolute Gasteiger partial charge is 0.246 e. The predicted octanol–water partition coefficient (Wildman–Crippen LogP) is 3.95. The summed E-state index contributed by atoms with van der Waals surface area (Å²) >= 11 is 1.39. The number of benzene rings is 2. The third-order valence-electron chi connectivity index (χ3n) is 6.79. The van der Waals surface area contributed by atoms with E-state index in [2.05, 4.69) is 15.4 Å². The molecular formula is C27H27F2N5O4S2. The Morgan fingerprint density at radius 3 is 2.52 bits per heavy atom. The molecule has 3 N–H and O–H groups in total. The highest BCUT2D eigenvalue weighted by molar-refractivity contribution is 7.89. The van der Waals surface area contributed by atoms with Gasteiger partial charge in [0.2, 0.25) is 21.8 Å². The monoisotopic (exact) mass is 587 g/mol. The summed E-state index contributed by atoms with van der Waals surface area (Å²) in [5.41, 5.74) is 3.19. The minimum absolute atomic E-state index is 0.167. The molecule has 210 valence electrons. The van der Waals surface area contributed by atoms with Gasteiger partial charge in [-0.15, -0.1) is 0 Å². The highest BCUT2D eigenvalue weighted by atomic mass is 32.2. The van der Waals surface area contributed by atoms with Crippen molar-refractivity contribution in [2.24, 2.45) is 0 Å². The van der Waals surface area contributed by atoms with Crippen LogP contribution in [0.25, 0.3) is 16.2 Å². The molecule has 2 aromatic carbocycles. The maximum Gasteiger partial charge on any atom is 0.246 e. The second-order valence-corrected chi connectivity index (χ2v) is 12.7. The van der Waals surface area contributed by atoms with Gasteiger partial charge in [0, 0.05) is 34.1 Å². The van der Waals surface area contributed by atoms with Gasteiger partial charge in [-0.05, 0) is 63.1 Å². The quantitative estimate of drug-likeness (QED) is 0.288. The highest BCUT2D eigenvalue weighted by Crippen LogP contribution is 2.41. The fourth-order valence-corrected chi connectivity index (χ4v) is 7.67. The summed E-state index contributed by atoms with van der Waals surface area (Å²) in [4.78, 5) is 31.1. The van der Waals surface area contributed by atoms with Crippen LogP contribution in [0.4, 0.5) is 14.5 Å². The molecule has 9 nitrogen and oxygen atoms in total. The van der Waals surface area contributed by atoms with Crippen molar-refractivity contribution in [3.63, 3.8) is 0 Å². The maximum absolute atomic E-state index is 13.4. The number of aryl methyl sites for hydroxylation is 1. The lowest BCUT2D eigenvalue weighted by molar-refractivity contribution is -0.125. The Balaban J connectivity index is 1.23. The van der Waals surface area contributed by atoms with Crippen LogP contribution in [-0.2, 0) is 32.5 Å². The molecule has 0 saturated heterocycles. The molecule has 0 radical (unpaired) electrons. The molecular weight excluding hydrogens is 560 g/mol. The number of nitrogens with zero attached hydrogens (tertiary/aromatic N) is 2. The fourth-order valence-electron chi connectivity index (χ4n) is 4.79. The lowest BCUT2D eigenvalue weighted by atomic mass is 10.0. The van der Waals surface area contributed by atoms with Crippen molar-refractivity contribution in [3.8, 4) is 11.3 Å². The summed E-state index contributed by atoms with van der Waals surface area (Å²) in [5.74, 6) is -2.55. The average molecular weight is 588 g/mol. The van der Waals surface area contributed by atoms with E-state index in [1.807, 2.05) is 22.7 Å². The molecule has 40 heavy (non-hydrogen) atoms. The number of fused-ring (bicyclic) bond motifs is 3. The topological polar surface area (TPSA) is 122 Å². The van der Waals surface area contributed by atoms with E-state index < -0.39 is 44.8 Å². The van der Waals surface area contributed by atoms with Crippen LogP contribution >= 0.6 is 11.3 Å². The van der Waals surface area contributed by atoms with Gasteiger partial charge in [0.05, 0.1) is 12.1 Å². The summed E-state index contributed by atoms with van der Waals surface area (Å²) in [5, 5.41) is 4.69. The minimum atomic E-state index is -3.43. The summed E-state index contributed by atoms with van der Waals surface area (Å²) in [6.07, 6.45) is 3.76. The Morgan fingerprint density at radius 1 is 1.15 bits per heavy atom. The van der Waals surface area contributed by atoms with E-state index in [1.54, 1.807) is 12.1 Å². The normalized spacial score (nSPS) is 15.9. The first-order valence-corrected chi connectivity index (χ1v) is 15.0. The SMILES string of the molecule is CNS(=O)(=O)C1CCCc2c1sc1nc(-c3ccc(NC(=O)[C@@H](C)NC(=O)Cc4cc(F)cc(F)c4)cc3)cn21. The fraction of sp³-hybridized carbons (Fsp3) is 0.296. The molecule has 0 spiro atoms. The summed E-state index contributed by atoms with van der Waals surface area (Å²) in [7, 11) is -2.00. The lowest BCUT2D eigenvalue weighted by Crippen LogP contribution is -2.42. The van der Waals surface area contributed by atoms with Crippen LogP contribution in [0.2, 0.25) is 0 Å². The zero-order valence-corrected chi connectivity index (χ0v) is 23.3. The van der Waals surface area contributed by atoms with E-state index in [-0.39, 0.29) is 12.0 Å². The molecule has 2 atom stereocenters. The number of anilines is 1. The molecule has 13 heteroatoms. The van der Waals surface area contributed by atoms with Crippen molar-refractivity contribution in [2.45, 2.75) is 43.9 Å². The summed E-state index contributed by atoms with van der Waals surface area (Å²) in [6.45, 7) is 1.51. The van der Waals surface area contributed by atoms with Crippen LogP contribution in [0.5, 0.6) is 0 Å². The number of nitrogens with one attached hydrogen (secondary N) is 3. The van der Waals surface area contributed by atoms with Crippen molar-refractivity contribution in [2.75, 3.05) is 12.4 Å². The van der Waals surface area contributed by atoms with Crippen molar-refractivity contribution in [1.82, 2.24) is 19.4 Å². The molecule has 1 unspecified atom stereocenters. The van der Waals surface area contributed by atoms with Crippen LogP contribution in [0.3, 0.4) is 0 Å². The predicted molar refractivity (Wildman–Crippen MR) is 148 cm³/mol. The molecule has 2 aromatic heterocycles. The molecule has 1 aliphatic rings. The van der Waals surface area contributed by atoms with Gasteiger partial charge in [0.15, 0.2) is 4.96 Å². The number of rotatable bonds is 8. The van der Waals surface area contributed by atoms with Crippen LogP contribution in [-0.4, -0.2) is 42.7 Å². The second-order valence-electron chi connectivity index (χ2n) is 9.63. The number of sulfonamides is 1. The number of aromatic nitrogens is 2. The van der Waals surface area contributed by atoms with Gasteiger partial charge in [-0.25, -0.2) is 26.9 Å². The zero-order valence-electron chi connectivity index (χ0n) is 21.7. The van der Waals surface area contributed by atoms with Gasteiger partial charge in [-0.2, -0.15) is 0 Å². The first-order chi connectivity index (χ1) is 19.0. The van der Waals surface area contributed by atoms with Crippen LogP contribution < -0.4 is 15.4 Å². The number of halogens is 2. The third kappa shape index (κ3) is 5.76. The number of amides is 2. The van der Waals surface area contributed by atoms with Gasteiger partial charge in [-0.1, -0.05) is 23.5 Å². The third-order valence-corrected chi connectivity index (χ3v) is 9.94. The summed E-state index contributed by atoms with van der Waals surface area (Å²) in [6, 6.07) is 9.03. The van der Waals surface area contributed by atoms with Crippen molar-refractivity contribution in [1.29, 1.82) is 0 Å². The van der Waals surface area contributed by atoms with Gasteiger partial charge >= 0.3 is 0 Å². The van der Waals surface area contributed by atoms with E-state index in [4.69, 9.17) is 4.98 Å². The van der Waals surface area contributed by atoms with E-state index in [1.165, 1.54) is 25.3 Å². The van der Waals surface area contributed by atoms with Crippen LogP contribution in [0.15, 0.2) is 48.7 Å². The molecule has 4 aromatic rings. The summed E-state index contributed by atoms with van der Waals surface area (Å²) < 4.78 is 56.1. The molecule has 2 amide bonds. The molecule has 2 heterocycles. The van der Waals surface area contributed by atoms with Crippen LogP contribution in [0, 0.1) is 11.6 Å². The largest absolute Gasteiger partial charge is 0.344 e. The van der Waals surface area contributed by atoms with E-state index in [9.17, 15) is 26.8 Å². The Kier molecular flexibility index (Phi) is 7.71. The molecule has 0 saturated carbocycles. The van der Waals surface area contributed by atoms with Gasteiger partial charge in [0.1, 0.15) is 22.9 Å². The number of carbonyl (C=O) groups is 2. The van der Waals surface area contributed by atoms with Crippen molar-refractivity contribution >= 4 is 43.8 Å². The van der Waals surface area contributed by atoms with Gasteiger partial charge in [0.25, 0.3) is 0 Å². The van der Waals surface area contributed by atoms with Crippen molar-refractivity contribution < 1.29 is 26.8 Å². The molecule has 0 aliphatic heterocycles. The highest BCUT2D eigenvalue weighted by Gasteiger charge is 2.34. The maximum atomic E-state index is 13.4. The lowest BCUT2D eigenvalue weighted by Gasteiger charge is -2.21. The van der Waals surface area contributed by atoms with E-state index in [0.717, 1.165) is 57.8 Å². The average Bonchev–Trinajstić information content (AvgIpc) is 3.46. The number of hydrogen-bond donors (Lipinski definition) is 3. The first-order valence-electron chi connectivity index (χ1n) is 12.6. The van der Waals surface area contributed by atoms with Crippen LogP contribution in [0.1, 0.15) is 41.1 Å². The number of imidazole rings is 1. The molecule has 0 bridgehead atoms. The molecule has 5 rings (SSSR count). The Labute approximate surface area is 233 Å². The molecule has 0 fully saturated rings. The van der Waals surface area contributed by atoms with E-state index in [0.29, 0.717) is 12.1 Å².